The molecule has 1 nitrogen and oxygen atoms in total. The second kappa shape index (κ2) is 4.25. The lowest BCUT2D eigenvalue weighted by Crippen LogP contribution is -2.15. The quantitative estimate of drug-likeness (QED) is 0.661. The van der Waals surface area contributed by atoms with Crippen LogP contribution in [0.4, 0.5) is 8.78 Å². The Balaban J connectivity index is 3.22. The molecule has 1 rings (SSSR count). The molecule has 12 heavy (non-hydrogen) atoms. The standard InChI is InChI=1S/C7H5F2O.ClH.Mg/c1-10-7-4-5(8)2-3-6(7)9;;/h2,4H,1H3;1H;/q;;+1/p-1. The molecule has 62 valence electrons. The first-order chi connectivity index (χ1) is 5.69. The maximum Gasteiger partial charge on any atom is 0.542 e. The molecular formula is C7H5ClF2MgO. The molecule has 0 aromatic heterocycles. The first-order valence-electron chi connectivity index (χ1n) is 3.27. The van der Waals surface area contributed by atoms with Crippen LogP contribution in [0.5, 0.6) is 5.75 Å². The summed E-state index contributed by atoms with van der Waals surface area (Å²) in [6, 6.07) is 2.11. The molecule has 0 aliphatic carbocycles. The fraction of sp³-hybridized carbons (Fsp3) is 0.143. The van der Waals surface area contributed by atoms with Crippen LogP contribution in [0.25, 0.3) is 0 Å². The number of hydrogen-bond acceptors (Lipinski definition) is 1. The Morgan fingerprint density at radius 1 is 1.42 bits per heavy atom. The zero-order chi connectivity index (χ0) is 9.14. The minimum Gasteiger partial charge on any atom is -0.494 e. The minimum atomic E-state index is -1.21. The first-order valence-corrected chi connectivity index (χ1v) is 6.11. The van der Waals surface area contributed by atoms with Gasteiger partial charge in [0.15, 0.2) is 5.75 Å². The molecule has 0 bridgehead atoms. The van der Waals surface area contributed by atoms with Crippen LogP contribution >= 0.6 is 9.07 Å². The summed E-state index contributed by atoms with van der Waals surface area (Å²) in [5.41, 5.74) is 0. The van der Waals surface area contributed by atoms with Gasteiger partial charge in [-0.25, -0.2) is 8.78 Å². The molecule has 0 radical (unpaired) electrons. The van der Waals surface area contributed by atoms with Gasteiger partial charge in [0.05, 0.1) is 7.11 Å². The summed E-state index contributed by atoms with van der Waals surface area (Å²) in [5.74, 6) is -1.14. The van der Waals surface area contributed by atoms with Crippen LogP contribution in [0.15, 0.2) is 12.1 Å². The molecule has 0 spiro atoms. The summed E-state index contributed by atoms with van der Waals surface area (Å²) in [6.07, 6.45) is 0. The van der Waals surface area contributed by atoms with Crippen LogP contribution in [0.1, 0.15) is 0 Å². The van der Waals surface area contributed by atoms with Gasteiger partial charge in [0.25, 0.3) is 0 Å². The molecule has 0 heterocycles. The van der Waals surface area contributed by atoms with E-state index in [2.05, 4.69) is 4.74 Å². The number of halogens is 3. The van der Waals surface area contributed by atoms with Gasteiger partial charge in [-0.3, -0.25) is 0 Å². The lowest BCUT2D eigenvalue weighted by Gasteiger charge is -2.05. The second-order valence-electron chi connectivity index (χ2n) is 2.21. The minimum absolute atomic E-state index is 0.0850. The molecule has 0 aliphatic rings. The molecule has 0 saturated heterocycles. The number of ether oxygens (including phenoxy) is 1. The molecule has 5 heteroatoms. The molecular weight excluding hydrogens is 198 g/mol. The van der Waals surface area contributed by atoms with Gasteiger partial charge >= 0.3 is 19.3 Å². The van der Waals surface area contributed by atoms with Crippen LogP contribution < -0.4 is 8.43 Å². The number of benzene rings is 1. The number of rotatable bonds is 2. The van der Waals surface area contributed by atoms with E-state index in [9.17, 15) is 8.78 Å². The van der Waals surface area contributed by atoms with E-state index < -0.39 is 30.9 Å². The van der Waals surface area contributed by atoms with Crippen LogP contribution in [-0.2, 0) is 0 Å². The van der Waals surface area contributed by atoms with Gasteiger partial charge in [-0.1, -0.05) is 0 Å². The monoisotopic (exact) mass is 202 g/mol. The maximum absolute atomic E-state index is 13.1. The van der Waals surface area contributed by atoms with E-state index in [1.54, 1.807) is 0 Å². The summed E-state index contributed by atoms with van der Waals surface area (Å²) in [5, 5.41) is 0. The highest BCUT2D eigenvalue weighted by atomic mass is 35.5. The Bertz CT molecular complexity index is 268. The van der Waals surface area contributed by atoms with E-state index in [0.717, 1.165) is 12.1 Å². The number of methoxy groups -OCH3 is 1. The van der Waals surface area contributed by atoms with Gasteiger partial charge in [0, 0.05) is 6.07 Å². The van der Waals surface area contributed by atoms with Gasteiger partial charge in [-0.05, 0) is 6.07 Å². The normalized spacial score (nSPS) is 9.33. The van der Waals surface area contributed by atoms with Crippen molar-refractivity contribution in [2.75, 3.05) is 7.11 Å². The smallest absolute Gasteiger partial charge is 0.494 e. The fourth-order valence-electron chi connectivity index (χ4n) is 0.864. The van der Waals surface area contributed by atoms with Crippen molar-refractivity contribution in [3.63, 3.8) is 0 Å². The third kappa shape index (κ3) is 2.00. The zero-order valence-corrected chi connectivity index (χ0v) is 8.57. The van der Waals surface area contributed by atoms with Crippen molar-refractivity contribution in [3.8, 4) is 5.75 Å². The lowest BCUT2D eigenvalue weighted by atomic mass is 10.3. The summed E-state index contributed by atoms with van der Waals surface area (Å²) < 4.78 is 30.7. The molecule has 1 aromatic rings. The second-order valence-corrected chi connectivity index (χ2v) is 4.05. The highest BCUT2D eigenvalue weighted by Crippen LogP contribution is 2.15. The van der Waals surface area contributed by atoms with E-state index >= 15 is 0 Å². The van der Waals surface area contributed by atoms with E-state index in [0.29, 0.717) is 0 Å². The zero-order valence-electron chi connectivity index (χ0n) is 6.40. The average molecular weight is 203 g/mol. The van der Waals surface area contributed by atoms with Crippen molar-refractivity contribution < 1.29 is 13.5 Å². The highest BCUT2D eigenvalue weighted by molar-refractivity contribution is 7.01. The van der Waals surface area contributed by atoms with Crippen LogP contribution in [0.3, 0.4) is 0 Å². The van der Waals surface area contributed by atoms with E-state index in [1.807, 2.05) is 0 Å². The van der Waals surface area contributed by atoms with Crippen molar-refractivity contribution in [2.24, 2.45) is 0 Å². The van der Waals surface area contributed by atoms with Crippen LogP contribution in [0.2, 0.25) is 0 Å². The van der Waals surface area contributed by atoms with Gasteiger partial charge in [0.2, 0.25) is 0 Å². The van der Waals surface area contributed by atoms with E-state index in [1.165, 1.54) is 7.11 Å². The summed E-state index contributed by atoms with van der Waals surface area (Å²) in [4.78, 5) is 0. The summed E-state index contributed by atoms with van der Waals surface area (Å²) in [6.45, 7) is 0. The fourth-order valence-corrected chi connectivity index (χ4v) is 2.01. The Labute approximate surface area is 82.2 Å². The average Bonchev–Trinajstić information content (AvgIpc) is 2.08. The lowest BCUT2D eigenvalue weighted by molar-refractivity contribution is 0.384. The molecule has 0 saturated carbocycles. The predicted octanol–water partition coefficient (Wildman–Crippen LogP) is 1.46. The van der Waals surface area contributed by atoms with Crippen molar-refractivity contribution in [1.82, 2.24) is 0 Å². The first kappa shape index (κ1) is 10.0. The largest absolute Gasteiger partial charge is 0.542 e. The SMILES string of the molecule is COc1cc(F)c[c]([Mg][Cl])c1F. The van der Waals surface area contributed by atoms with Gasteiger partial charge in [0.1, 0.15) is 11.6 Å². The Morgan fingerprint density at radius 3 is 2.58 bits per heavy atom. The van der Waals surface area contributed by atoms with Crippen molar-refractivity contribution in [1.29, 1.82) is 0 Å². The van der Waals surface area contributed by atoms with Crippen molar-refractivity contribution in [3.05, 3.63) is 23.8 Å². The maximum atomic E-state index is 13.1. The third-order valence-corrected chi connectivity index (χ3v) is 3.11. The van der Waals surface area contributed by atoms with Crippen molar-refractivity contribution >= 4 is 32.0 Å². The van der Waals surface area contributed by atoms with Gasteiger partial charge < -0.3 is 13.8 Å². The predicted molar refractivity (Wildman–Crippen MR) is 44.2 cm³/mol. The molecule has 0 atom stereocenters. The molecule has 0 amide bonds. The van der Waals surface area contributed by atoms with Gasteiger partial charge in [-0.15, -0.1) is 3.69 Å². The highest BCUT2D eigenvalue weighted by Gasteiger charge is 2.11. The Morgan fingerprint density at radius 2 is 2.08 bits per heavy atom. The topological polar surface area (TPSA) is 9.23 Å². The number of hydrogen-bond donors (Lipinski definition) is 0. The van der Waals surface area contributed by atoms with Crippen LogP contribution in [0, 0.1) is 11.6 Å². The Kier molecular flexibility index (Phi) is 3.55. The Hall–Kier alpha value is -0.0638. The van der Waals surface area contributed by atoms with Crippen LogP contribution in [-0.4, -0.2) is 26.4 Å². The third-order valence-electron chi connectivity index (χ3n) is 1.44. The molecule has 0 N–H and O–H groups in total. The van der Waals surface area contributed by atoms with Crippen molar-refractivity contribution in [2.45, 2.75) is 0 Å². The molecule has 0 aliphatic heterocycles. The molecule has 0 unspecified atom stereocenters. The van der Waals surface area contributed by atoms with Gasteiger partial charge in [-0.2, -0.15) is 0 Å². The van der Waals surface area contributed by atoms with E-state index in [-0.39, 0.29) is 9.44 Å². The summed E-state index contributed by atoms with van der Waals surface area (Å²) >= 11 is -1.21. The molecule has 1 aromatic carbocycles. The van der Waals surface area contributed by atoms with E-state index in [4.69, 9.17) is 9.07 Å². The summed E-state index contributed by atoms with van der Waals surface area (Å²) in [7, 11) is 6.80. The molecule has 0 fully saturated rings.